The number of hydrogen-bond donors (Lipinski definition) is 0. The molecule has 2 aromatic rings. The van der Waals surface area contributed by atoms with Gasteiger partial charge in [0.25, 0.3) is 0 Å². The van der Waals surface area contributed by atoms with Crippen LogP contribution in [-0.4, -0.2) is 6.36 Å². The van der Waals surface area contributed by atoms with Crippen LogP contribution in [0.25, 0.3) is 6.08 Å². The lowest BCUT2D eigenvalue weighted by Gasteiger charge is -2.10. The quantitative estimate of drug-likeness (QED) is 0.744. The molecule has 0 aromatic heterocycles. The first-order valence-corrected chi connectivity index (χ1v) is 6.99. The molecule has 0 N–H and O–H groups in total. The molecule has 0 unspecified atom stereocenters. The van der Waals surface area contributed by atoms with Crippen molar-refractivity contribution >= 4 is 6.08 Å². The molecule has 0 amide bonds. The number of nitriles is 2. The zero-order valence-electron chi connectivity index (χ0n) is 12.7. The third-order valence-electron chi connectivity index (χ3n) is 2.97. The Morgan fingerprint density at radius 3 is 2.24 bits per heavy atom. The lowest BCUT2D eigenvalue weighted by atomic mass is 10.1. The smallest absolute Gasteiger partial charge is 0.489 e. The van der Waals surface area contributed by atoms with E-state index in [1.807, 2.05) is 0 Å². The van der Waals surface area contributed by atoms with Crippen molar-refractivity contribution < 1.29 is 22.6 Å². The van der Waals surface area contributed by atoms with Gasteiger partial charge in [-0.3, -0.25) is 0 Å². The standard InChI is InChI=1S/C18H11F3N2O2/c19-18(20,21)25-17-6-4-16(5-7-17)24-12-14-3-1-2-13(8-14)9-15(10-22)11-23/h1-9H,12H2. The van der Waals surface area contributed by atoms with Crippen LogP contribution in [0.3, 0.4) is 0 Å². The van der Waals surface area contributed by atoms with E-state index in [0.29, 0.717) is 11.3 Å². The first-order chi connectivity index (χ1) is 11.9. The summed E-state index contributed by atoms with van der Waals surface area (Å²) in [4.78, 5) is 0. The summed E-state index contributed by atoms with van der Waals surface area (Å²) in [6, 6.07) is 15.6. The van der Waals surface area contributed by atoms with Crippen LogP contribution in [0.5, 0.6) is 11.5 Å². The molecular formula is C18H11F3N2O2. The largest absolute Gasteiger partial charge is 0.573 e. The van der Waals surface area contributed by atoms with Crippen LogP contribution in [0, 0.1) is 22.7 Å². The molecule has 0 aliphatic rings. The van der Waals surface area contributed by atoms with Crippen LogP contribution >= 0.6 is 0 Å². The lowest BCUT2D eigenvalue weighted by molar-refractivity contribution is -0.274. The van der Waals surface area contributed by atoms with Gasteiger partial charge in [0.2, 0.25) is 0 Å². The zero-order valence-corrected chi connectivity index (χ0v) is 12.7. The number of alkyl halides is 3. The molecule has 0 aliphatic heterocycles. The van der Waals surface area contributed by atoms with Crippen molar-refractivity contribution in [3.63, 3.8) is 0 Å². The van der Waals surface area contributed by atoms with Gasteiger partial charge in [0.05, 0.1) is 0 Å². The van der Waals surface area contributed by atoms with E-state index in [-0.39, 0.29) is 17.9 Å². The summed E-state index contributed by atoms with van der Waals surface area (Å²) in [5.41, 5.74) is 1.44. The predicted molar refractivity (Wildman–Crippen MR) is 83.1 cm³/mol. The topological polar surface area (TPSA) is 66.0 Å². The van der Waals surface area contributed by atoms with Crippen molar-refractivity contribution in [1.29, 1.82) is 10.5 Å². The van der Waals surface area contributed by atoms with E-state index in [1.54, 1.807) is 36.4 Å². The Hall–Kier alpha value is -3.45. The van der Waals surface area contributed by atoms with E-state index in [0.717, 1.165) is 17.7 Å². The summed E-state index contributed by atoms with van der Waals surface area (Å²) in [5.74, 6) is 0.0535. The Labute approximate surface area is 141 Å². The van der Waals surface area contributed by atoms with E-state index in [1.165, 1.54) is 18.2 Å². The van der Waals surface area contributed by atoms with E-state index < -0.39 is 6.36 Å². The maximum Gasteiger partial charge on any atom is 0.573 e. The van der Waals surface area contributed by atoms with Crippen molar-refractivity contribution in [3.8, 4) is 23.6 Å². The van der Waals surface area contributed by atoms with Gasteiger partial charge in [-0.1, -0.05) is 18.2 Å². The number of allylic oxidation sites excluding steroid dienone is 1. The van der Waals surface area contributed by atoms with Gasteiger partial charge in [0.15, 0.2) is 0 Å². The molecule has 0 saturated heterocycles. The number of rotatable bonds is 5. The van der Waals surface area contributed by atoms with Crippen LogP contribution in [0.15, 0.2) is 54.1 Å². The fourth-order valence-electron chi connectivity index (χ4n) is 1.93. The van der Waals surface area contributed by atoms with Crippen molar-refractivity contribution in [2.45, 2.75) is 13.0 Å². The number of ether oxygens (including phenoxy) is 2. The van der Waals surface area contributed by atoms with Gasteiger partial charge in [-0.15, -0.1) is 13.2 Å². The van der Waals surface area contributed by atoms with Crippen LogP contribution < -0.4 is 9.47 Å². The molecule has 0 aliphatic carbocycles. The first-order valence-electron chi connectivity index (χ1n) is 6.99. The second-order valence-electron chi connectivity index (χ2n) is 4.83. The Balaban J connectivity index is 2.01. The predicted octanol–water partition coefficient (Wildman–Crippen LogP) is 4.59. The van der Waals surface area contributed by atoms with Gasteiger partial charge in [-0.05, 0) is 47.5 Å². The maximum atomic E-state index is 12.1. The molecule has 0 bridgehead atoms. The van der Waals surface area contributed by atoms with E-state index in [4.69, 9.17) is 15.3 Å². The average Bonchev–Trinajstić information content (AvgIpc) is 2.58. The summed E-state index contributed by atoms with van der Waals surface area (Å²) in [5, 5.41) is 17.5. The highest BCUT2D eigenvalue weighted by molar-refractivity contribution is 5.62. The van der Waals surface area contributed by atoms with Gasteiger partial charge in [0.1, 0.15) is 35.8 Å². The second kappa shape index (κ2) is 7.89. The average molecular weight is 344 g/mol. The van der Waals surface area contributed by atoms with Crippen LogP contribution in [0.1, 0.15) is 11.1 Å². The van der Waals surface area contributed by atoms with Gasteiger partial charge in [-0.2, -0.15) is 10.5 Å². The highest BCUT2D eigenvalue weighted by Crippen LogP contribution is 2.25. The number of hydrogen-bond acceptors (Lipinski definition) is 4. The summed E-state index contributed by atoms with van der Waals surface area (Å²) in [6.45, 7) is 0.176. The molecule has 7 heteroatoms. The van der Waals surface area contributed by atoms with E-state index >= 15 is 0 Å². The maximum absolute atomic E-state index is 12.1. The Bertz CT molecular complexity index is 828. The van der Waals surface area contributed by atoms with Gasteiger partial charge in [-0.25, -0.2) is 0 Å². The number of benzene rings is 2. The minimum absolute atomic E-state index is 0.0154. The van der Waals surface area contributed by atoms with Gasteiger partial charge < -0.3 is 9.47 Å². The SMILES string of the molecule is N#CC(C#N)=Cc1cccc(COc2ccc(OC(F)(F)F)cc2)c1. The van der Waals surface area contributed by atoms with E-state index in [2.05, 4.69) is 4.74 Å². The van der Waals surface area contributed by atoms with Crippen molar-refractivity contribution in [2.75, 3.05) is 0 Å². The fraction of sp³-hybridized carbons (Fsp3) is 0.111. The molecule has 4 nitrogen and oxygen atoms in total. The summed E-state index contributed by atoms with van der Waals surface area (Å²) >= 11 is 0. The molecule has 0 radical (unpaired) electrons. The Kier molecular flexibility index (Phi) is 5.65. The van der Waals surface area contributed by atoms with Crippen molar-refractivity contribution in [2.24, 2.45) is 0 Å². The summed E-state index contributed by atoms with van der Waals surface area (Å²) in [6.07, 6.45) is -3.28. The normalized spacial score (nSPS) is 10.3. The molecule has 0 saturated carbocycles. The molecule has 25 heavy (non-hydrogen) atoms. The third kappa shape index (κ3) is 5.92. The molecule has 126 valence electrons. The van der Waals surface area contributed by atoms with Gasteiger partial charge >= 0.3 is 6.36 Å². The van der Waals surface area contributed by atoms with Crippen LogP contribution in [-0.2, 0) is 6.61 Å². The Morgan fingerprint density at radius 1 is 1.00 bits per heavy atom. The molecule has 0 spiro atoms. The second-order valence-corrected chi connectivity index (χ2v) is 4.83. The highest BCUT2D eigenvalue weighted by Gasteiger charge is 2.30. The third-order valence-corrected chi connectivity index (χ3v) is 2.97. The minimum atomic E-state index is -4.73. The minimum Gasteiger partial charge on any atom is -0.489 e. The number of nitrogens with zero attached hydrogens (tertiary/aromatic N) is 2. The monoisotopic (exact) mass is 344 g/mol. The fourth-order valence-corrected chi connectivity index (χ4v) is 1.93. The number of halogens is 3. The van der Waals surface area contributed by atoms with Crippen LogP contribution in [0.2, 0.25) is 0 Å². The lowest BCUT2D eigenvalue weighted by Crippen LogP contribution is -2.16. The van der Waals surface area contributed by atoms with E-state index in [9.17, 15) is 13.2 Å². The van der Waals surface area contributed by atoms with Gasteiger partial charge in [0, 0.05) is 0 Å². The highest BCUT2D eigenvalue weighted by atomic mass is 19.4. The summed E-state index contributed by atoms with van der Waals surface area (Å²) < 4.78 is 45.6. The molecule has 0 atom stereocenters. The van der Waals surface area contributed by atoms with Crippen molar-refractivity contribution in [1.82, 2.24) is 0 Å². The summed E-state index contributed by atoms with van der Waals surface area (Å²) in [7, 11) is 0. The molecular weight excluding hydrogens is 333 g/mol. The van der Waals surface area contributed by atoms with Crippen LogP contribution in [0.4, 0.5) is 13.2 Å². The Morgan fingerprint density at radius 2 is 1.64 bits per heavy atom. The molecule has 0 heterocycles. The molecule has 2 aromatic carbocycles. The molecule has 2 rings (SSSR count). The zero-order chi connectivity index (χ0) is 18.3. The first kappa shape index (κ1) is 17.9. The molecule has 0 fully saturated rings. The van der Waals surface area contributed by atoms with Crippen molar-refractivity contribution in [3.05, 3.63) is 65.2 Å².